The van der Waals surface area contributed by atoms with Gasteiger partial charge in [0.05, 0.1) is 6.42 Å². The monoisotopic (exact) mass is 851 g/mol. The van der Waals surface area contributed by atoms with Crippen molar-refractivity contribution in [2.75, 3.05) is 13.2 Å². The fourth-order valence-corrected chi connectivity index (χ4v) is 6.93. The van der Waals surface area contributed by atoms with Crippen molar-refractivity contribution in [3.05, 3.63) is 72.9 Å². The van der Waals surface area contributed by atoms with Crippen molar-refractivity contribution in [2.24, 2.45) is 0 Å². The lowest BCUT2D eigenvalue weighted by molar-refractivity contribution is -0.166. The van der Waals surface area contributed by atoms with E-state index in [1.165, 1.54) is 109 Å². The predicted octanol–water partition coefficient (Wildman–Crippen LogP) is 16.6. The van der Waals surface area contributed by atoms with E-state index in [1.54, 1.807) is 6.08 Å². The van der Waals surface area contributed by atoms with Crippen molar-refractivity contribution in [1.82, 2.24) is 0 Å². The number of carbonyl (C=O) groups is 3. The standard InChI is InChI=1S/C55H94O6/c1-4-7-10-13-16-19-22-24-26-27-28-30-31-33-36-39-42-45-48-54(57)60-51-52(50-59-53(56)47-44-41-38-35-21-18-15-12-9-6-3)61-55(58)49-46-43-40-37-34-32-29-25-23-20-17-14-11-8-5-2/h8,11-12,15,17,20,25,29,34,37,43,46,52H,4-7,9-10,13-14,16,18-19,21-24,26-28,30-33,35-36,38-42,44-45,47-51H2,1-3H3/b11-8-,15-12-,20-17-,29-25-,37-34-,46-43-. The number of ether oxygens (including phenoxy) is 3. The molecule has 0 heterocycles. The highest BCUT2D eigenvalue weighted by atomic mass is 16.6. The molecule has 0 aromatic rings. The van der Waals surface area contributed by atoms with Crippen molar-refractivity contribution in [1.29, 1.82) is 0 Å². The second-order valence-electron chi connectivity index (χ2n) is 16.7. The largest absolute Gasteiger partial charge is 0.462 e. The molecular formula is C55H94O6. The first kappa shape index (κ1) is 57.9. The maximum absolute atomic E-state index is 12.7. The smallest absolute Gasteiger partial charge is 0.310 e. The Morgan fingerprint density at radius 2 is 0.721 bits per heavy atom. The molecule has 0 aromatic carbocycles. The first-order valence-electron chi connectivity index (χ1n) is 25.4. The van der Waals surface area contributed by atoms with Gasteiger partial charge in [-0.3, -0.25) is 14.4 Å². The van der Waals surface area contributed by atoms with Crippen molar-refractivity contribution in [2.45, 2.75) is 245 Å². The second kappa shape index (κ2) is 49.5. The van der Waals surface area contributed by atoms with Crippen LogP contribution in [-0.2, 0) is 28.6 Å². The molecule has 0 fully saturated rings. The Bertz CT molecular complexity index is 1160. The molecule has 0 aliphatic rings. The molecule has 0 amide bonds. The van der Waals surface area contributed by atoms with Gasteiger partial charge in [0.1, 0.15) is 13.2 Å². The number of hydrogen-bond acceptors (Lipinski definition) is 6. The van der Waals surface area contributed by atoms with Gasteiger partial charge in [-0.25, -0.2) is 0 Å². The van der Waals surface area contributed by atoms with Crippen molar-refractivity contribution in [3.63, 3.8) is 0 Å². The lowest BCUT2D eigenvalue weighted by Gasteiger charge is -2.18. The van der Waals surface area contributed by atoms with E-state index < -0.39 is 12.1 Å². The molecule has 61 heavy (non-hydrogen) atoms. The lowest BCUT2D eigenvalue weighted by atomic mass is 10.0. The molecule has 0 spiro atoms. The SMILES string of the molecule is CC/C=C\C/C=C\C/C=C\C/C=C\C/C=C\CC(=O)OC(COC(=O)CCCCCCC/C=C\CCC)COC(=O)CCCCCCCCCCCCCCCCCCCC. The van der Waals surface area contributed by atoms with E-state index in [1.807, 2.05) is 6.08 Å². The number of hydrogen-bond donors (Lipinski definition) is 0. The number of carbonyl (C=O) groups excluding carboxylic acids is 3. The Labute approximate surface area is 376 Å². The Morgan fingerprint density at radius 3 is 1.13 bits per heavy atom. The van der Waals surface area contributed by atoms with Gasteiger partial charge in [0.2, 0.25) is 0 Å². The van der Waals surface area contributed by atoms with Crippen LogP contribution >= 0.6 is 0 Å². The third-order valence-electron chi connectivity index (χ3n) is 10.7. The Balaban J connectivity index is 4.43. The minimum atomic E-state index is -0.829. The summed E-state index contributed by atoms with van der Waals surface area (Å²) >= 11 is 0. The molecular weight excluding hydrogens is 757 g/mol. The number of rotatable bonds is 45. The minimum Gasteiger partial charge on any atom is -0.462 e. The summed E-state index contributed by atoms with van der Waals surface area (Å²) in [4.78, 5) is 37.8. The summed E-state index contributed by atoms with van der Waals surface area (Å²) in [5.74, 6) is -1.06. The molecule has 0 radical (unpaired) electrons. The highest BCUT2D eigenvalue weighted by molar-refractivity contribution is 5.72. The van der Waals surface area contributed by atoms with E-state index in [4.69, 9.17) is 14.2 Å². The van der Waals surface area contributed by atoms with Crippen molar-refractivity contribution >= 4 is 17.9 Å². The first-order chi connectivity index (χ1) is 30.0. The molecule has 0 N–H and O–H groups in total. The molecule has 0 saturated carbocycles. The molecule has 6 nitrogen and oxygen atoms in total. The van der Waals surface area contributed by atoms with Crippen LogP contribution in [0.4, 0.5) is 0 Å². The number of unbranched alkanes of at least 4 members (excludes halogenated alkanes) is 23. The summed E-state index contributed by atoms with van der Waals surface area (Å²) in [5, 5.41) is 0. The van der Waals surface area contributed by atoms with Gasteiger partial charge in [0, 0.05) is 12.8 Å². The van der Waals surface area contributed by atoms with Crippen LogP contribution in [0.25, 0.3) is 0 Å². The highest BCUT2D eigenvalue weighted by Gasteiger charge is 2.19. The third kappa shape index (κ3) is 47.7. The van der Waals surface area contributed by atoms with Crippen LogP contribution in [0, 0.1) is 0 Å². The van der Waals surface area contributed by atoms with E-state index in [0.29, 0.717) is 12.8 Å². The summed E-state index contributed by atoms with van der Waals surface area (Å²) in [5.41, 5.74) is 0. The van der Waals surface area contributed by atoms with Gasteiger partial charge >= 0.3 is 17.9 Å². The summed E-state index contributed by atoms with van der Waals surface area (Å²) in [6.07, 6.45) is 62.1. The van der Waals surface area contributed by atoms with Gasteiger partial charge in [-0.1, -0.05) is 229 Å². The van der Waals surface area contributed by atoms with Gasteiger partial charge in [-0.05, 0) is 64.2 Å². The third-order valence-corrected chi connectivity index (χ3v) is 10.7. The fraction of sp³-hybridized carbons (Fsp3) is 0.727. The van der Waals surface area contributed by atoms with Crippen LogP contribution in [0.1, 0.15) is 239 Å². The zero-order valence-electron chi connectivity index (χ0n) is 39.9. The lowest BCUT2D eigenvalue weighted by Crippen LogP contribution is -2.30. The molecule has 350 valence electrons. The van der Waals surface area contributed by atoms with Gasteiger partial charge in [-0.15, -0.1) is 0 Å². The van der Waals surface area contributed by atoms with Crippen LogP contribution in [-0.4, -0.2) is 37.2 Å². The molecule has 0 aliphatic heterocycles. The summed E-state index contributed by atoms with van der Waals surface area (Å²) in [7, 11) is 0. The summed E-state index contributed by atoms with van der Waals surface area (Å²) in [6, 6.07) is 0. The molecule has 1 atom stereocenters. The number of esters is 3. The van der Waals surface area contributed by atoms with E-state index in [-0.39, 0.29) is 31.6 Å². The fourth-order valence-electron chi connectivity index (χ4n) is 6.93. The molecule has 6 heteroatoms. The average Bonchev–Trinajstić information content (AvgIpc) is 3.26. The Kier molecular flexibility index (Phi) is 46.9. The molecule has 0 aromatic heterocycles. The minimum absolute atomic E-state index is 0.0968. The van der Waals surface area contributed by atoms with Crippen molar-refractivity contribution < 1.29 is 28.6 Å². The van der Waals surface area contributed by atoms with Gasteiger partial charge in [0.15, 0.2) is 6.10 Å². The van der Waals surface area contributed by atoms with E-state index in [2.05, 4.69) is 81.5 Å². The quantitative estimate of drug-likeness (QED) is 0.0263. The van der Waals surface area contributed by atoms with Gasteiger partial charge in [0.25, 0.3) is 0 Å². The van der Waals surface area contributed by atoms with E-state index in [9.17, 15) is 14.4 Å². The van der Waals surface area contributed by atoms with Crippen LogP contribution in [0.2, 0.25) is 0 Å². The van der Waals surface area contributed by atoms with Gasteiger partial charge in [-0.2, -0.15) is 0 Å². The highest BCUT2D eigenvalue weighted by Crippen LogP contribution is 2.15. The Morgan fingerprint density at radius 1 is 0.361 bits per heavy atom. The van der Waals surface area contributed by atoms with E-state index >= 15 is 0 Å². The van der Waals surface area contributed by atoms with Gasteiger partial charge < -0.3 is 14.2 Å². The van der Waals surface area contributed by atoms with E-state index in [0.717, 1.165) is 89.9 Å². The molecule has 0 aliphatic carbocycles. The van der Waals surface area contributed by atoms with Crippen LogP contribution in [0.5, 0.6) is 0 Å². The zero-order valence-corrected chi connectivity index (χ0v) is 39.9. The molecule has 0 bridgehead atoms. The van der Waals surface area contributed by atoms with Crippen molar-refractivity contribution in [3.8, 4) is 0 Å². The van der Waals surface area contributed by atoms with Crippen LogP contribution in [0.15, 0.2) is 72.9 Å². The first-order valence-corrected chi connectivity index (χ1v) is 25.4. The summed E-state index contributed by atoms with van der Waals surface area (Å²) in [6.45, 7) is 6.38. The molecule has 0 saturated heterocycles. The molecule has 0 rings (SSSR count). The Hall–Kier alpha value is -3.15. The zero-order chi connectivity index (χ0) is 44.4. The molecule has 1 unspecified atom stereocenters. The second-order valence-corrected chi connectivity index (χ2v) is 16.7. The summed E-state index contributed by atoms with van der Waals surface area (Å²) < 4.78 is 16.6. The normalized spacial score (nSPS) is 12.6. The maximum atomic E-state index is 12.7. The maximum Gasteiger partial charge on any atom is 0.310 e. The number of allylic oxidation sites excluding steroid dienone is 11. The van der Waals surface area contributed by atoms with Crippen LogP contribution < -0.4 is 0 Å². The predicted molar refractivity (Wildman–Crippen MR) is 261 cm³/mol. The van der Waals surface area contributed by atoms with Crippen LogP contribution in [0.3, 0.4) is 0 Å². The topological polar surface area (TPSA) is 78.9 Å². The average molecular weight is 851 g/mol.